The molecule has 0 aliphatic heterocycles. The highest BCUT2D eigenvalue weighted by Gasteiger charge is 2.52. The van der Waals surface area contributed by atoms with Gasteiger partial charge in [0.2, 0.25) is 0 Å². The zero-order valence-electron chi connectivity index (χ0n) is 21.1. The van der Waals surface area contributed by atoms with Crippen LogP contribution in [0.5, 0.6) is 0 Å². The first-order chi connectivity index (χ1) is 19.0. The number of hydrogen-bond acceptors (Lipinski definition) is 3. The van der Waals surface area contributed by atoms with Crippen molar-refractivity contribution in [1.82, 2.24) is 15.6 Å². The molecule has 1 aromatic heterocycles. The van der Waals surface area contributed by atoms with E-state index in [9.17, 15) is 32.3 Å². The molecule has 5 rings (SSSR count). The molecule has 0 radical (unpaired) electrons. The van der Waals surface area contributed by atoms with Gasteiger partial charge in [0.1, 0.15) is 11.4 Å². The number of carbonyl (C=O) groups is 2. The van der Waals surface area contributed by atoms with Gasteiger partial charge >= 0.3 is 18.2 Å². The van der Waals surface area contributed by atoms with Crippen molar-refractivity contribution in [2.45, 2.75) is 43.4 Å². The molecule has 6 nitrogen and oxygen atoms in total. The monoisotopic (exact) mass is 575 g/mol. The molecule has 1 heterocycles. The maximum atomic E-state index is 14.8. The van der Waals surface area contributed by atoms with E-state index in [-0.39, 0.29) is 34.5 Å². The lowest BCUT2D eigenvalue weighted by molar-refractivity contribution is -0.144. The number of benzene rings is 2. The summed E-state index contributed by atoms with van der Waals surface area (Å²) < 4.78 is 56.2. The number of amides is 2. The van der Waals surface area contributed by atoms with Gasteiger partial charge in [-0.15, -0.1) is 0 Å². The molecule has 2 saturated carbocycles. The highest BCUT2D eigenvalue weighted by Crippen LogP contribution is 2.48. The third kappa shape index (κ3) is 5.50. The fourth-order valence-corrected chi connectivity index (χ4v) is 6.40. The normalized spacial score (nSPS) is 23.4. The number of carbonyl (C=O) groups excluding carboxylic acids is 1. The van der Waals surface area contributed by atoms with Gasteiger partial charge in [0.25, 0.3) is 0 Å². The minimum atomic E-state index is -4.86. The summed E-state index contributed by atoms with van der Waals surface area (Å²) in [5, 5.41) is 15.7. The molecule has 3 aromatic rings. The van der Waals surface area contributed by atoms with Crippen molar-refractivity contribution in [3.05, 3.63) is 100 Å². The average molecular weight is 576 g/mol. The number of alkyl halides is 3. The largest absolute Gasteiger partial charge is 0.481 e. The lowest BCUT2D eigenvalue weighted by atomic mass is 9.79. The number of nitrogens with one attached hydrogen (secondary N) is 2. The van der Waals surface area contributed by atoms with Crippen molar-refractivity contribution < 1.29 is 32.3 Å². The fraction of sp³-hybridized carbons (Fsp3) is 0.345. The molecule has 2 amide bonds. The van der Waals surface area contributed by atoms with Crippen molar-refractivity contribution in [3.63, 3.8) is 0 Å². The Labute approximate surface area is 232 Å². The van der Waals surface area contributed by atoms with Crippen LogP contribution in [-0.4, -0.2) is 28.1 Å². The summed E-state index contributed by atoms with van der Waals surface area (Å²) in [7, 11) is 0. The quantitative estimate of drug-likeness (QED) is 0.294. The van der Waals surface area contributed by atoms with Crippen LogP contribution in [0.15, 0.2) is 66.9 Å². The van der Waals surface area contributed by atoms with Crippen LogP contribution in [0.25, 0.3) is 0 Å². The molecule has 5 atom stereocenters. The van der Waals surface area contributed by atoms with Crippen LogP contribution in [0.2, 0.25) is 5.02 Å². The van der Waals surface area contributed by atoms with Crippen LogP contribution in [0.3, 0.4) is 0 Å². The minimum absolute atomic E-state index is 0.0277. The Bertz CT molecular complexity index is 1400. The molecule has 0 unspecified atom stereocenters. The van der Waals surface area contributed by atoms with Gasteiger partial charge in [-0.2, -0.15) is 13.2 Å². The van der Waals surface area contributed by atoms with Gasteiger partial charge in [-0.05, 0) is 72.6 Å². The molecule has 2 aliphatic rings. The van der Waals surface area contributed by atoms with E-state index >= 15 is 0 Å². The van der Waals surface area contributed by atoms with E-state index in [1.54, 1.807) is 30.3 Å². The third-order valence-corrected chi connectivity index (χ3v) is 8.24. The number of nitrogens with zero attached hydrogens (tertiary/aromatic N) is 1. The van der Waals surface area contributed by atoms with Gasteiger partial charge in [0.05, 0.1) is 22.2 Å². The van der Waals surface area contributed by atoms with Crippen LogP contribution in [-0.2, 0) is 22.9 Å². The van der Waals surface area contributed by atoms with E-state index in [4.69, 9.17) is 11.6 Å². The molecule has 2 aliphatic carbocycles. The number of carboxylic acid groups (broad SMARTS) is 1. The standard InChI is InChI=1S/C29H26ClF4N3O3/c30-21-8-9-23(35-15-21)28(14-16-4-2-1-3-5-16,19-11-20(29(32,33)34)13-22(31)12-19)37-27(40)36-25-18-7-6-17(10-18)24(25)26(38)39/h1-5,8-9,11-13,15,17-18,24-25H,6-7,10,14H2,(H,38,39)(H2,36,37,40)/t17-,18+,24+,25-,28-/m0/s1. The van der Waals surface area contributed by atoms with Crippen molar-refractivity contribution in [2.75, 3.05) is 0 Å². The molecule has 40 heavy (non-hydrogen) atoms. The van der Waals surface area contributed by atoms with Crippen LogP contribution in [0.4, 0.5) is 22.4 Å². The molecule has 3 N–H and O–H groups in total. The van der Waals surface area contributed by atoms with Gasteiger partial charge < -0.3 is 15.7 Å². The van der Waals surface area contributed by atoms with Gasteiger partial charge in [0, 0.05) is 18.7 Å². The van der Waals surface area contributed by atoms with Crippen LogP contribution < -0.4 is 10.6 Å². The first kappa shape index (κ1) is 27.9. The van der Waals surface area contributed by atoms with Crippen molar-refractivity contribution in [2.24, 2.45) is 17.8 Å². The van der Waals surface area contributed by atoms with Gasteiger partial charge in [-0.1, -0.05) is 41.9 Å². The summed E-state index contributed by atoms with van der Waals surface area (Å²) in [4.78, 5) is 30.0. The predicted molar refractivity (Wildman–Crippen MR) is 139 cm³/mol. The molecular formula is C29H26ClF4N3O3. The minimum Gasteiger partial charge on any atom is -0.481 e. The summed E-state index contributed by atoms with van der Waals surface area (Å²) in [6, 6.07) is 12.3. The summed E-state index contributed by atoms with van der Waals surface area (Å²) >= 11 is 6.05. The van der Waals surface area contributed by atoms with E-state index in [1.807, 2.05) is 0 Å². The number of carboxylic acids is 1. The van der Waals surface area contributed by atoms with Gasteiger partial charge in [-0.3, -0.25) is 9.78 Å². The summed E-state index contributed by atoms with van der Waals surface area (Å²) in [5.74, 6) is -3.00. The molecule has 2 bridgehead atoms. The van der Waals surface area contributed by atoms with Gasteiger partial charge in [-0.25, -0.2) is 9.18 Å². The number of halogens is 5. The van der Waals surface area contributed by atoms with E-state index < -0.39 is 47.1 Å². The van der Waals surface area contributed by atoms with E-state index in [1.165, 1.54) is 18.3 Å². The zero-order valence-corrected chi connectivity index (χ0v) is 21.8. The summed E-state index contributed by atoms with van der Waals surface area (Å²) in [6.07, 6.45) is -1.45. The molecular weight excluding hydrogens is 550 g/mol. The zero-order chi connectivity index (χ0) is 28.7. The Morgan fingerprint density at radius 3 is 2.35 bits per heavy atom. The lowest BCUT2D eigenvalue weighted by Gasteiger charge is -2.37. The van der Waals surface area contributed by atoms with Crippen LogP contribution in [0, 0.1) is 23.6 Å². The molecule has 0 spiro atoms. The second-order valence-electron chi connectivity index (χ2n) is 10.5. The van der Waals surface area contributed by atoms with E-state index in [0.717, 1.165) is 25.0 Å². The summed E-state index contributed by atoms with van der Waals surface area (Å²) in [6.45, 7) is 0. The smallest absolute Gasteiger partial charge is 0.416 e. The second-order valence-corrected chi connectivity index (χ2v) is 10.9. The lowest BCUT2D eigenvalue weighted by Crippen LogP contribution is -2.57. The van der Waals surface area contributed by atoms with Crippen LogP contribution >= 0.6 is 11.6 Å². The first-order valence-electron chi connectivity index (χ1n) is 12.8. The molecule has 11 heteroatoms. The number of urea groups is 1. The summed E-state index contributed by atoms with van der Waals surface area (Å²) in [5.41, 5.74) is -2.45. The Morgan fingerprint density at radius 2 is 1.70 bits per heavy atom. The molecule has 0 saturated heterocycles. The topological polar surface area (TPSA) is 91.3 Å². The van der Waals surface area contributed by atoms with Gasteiger partial charge in [0.15, 0.2) is 0 Å². The maximum absolute atomic E-state index is 14.8. The molecule has 2 fully saturated rings. The van der Waals surface area contributed by atoms with Crippen LogP contribution in [0.1, 0.15) is 41.6 Å². The van der Waals surface area contributed by atoms with E-state index in [0.29, 0.717) is 18.1 Å². The number of aromatic nitrogens is 1. The second kappa shape index (κ2) is 10.7. The molecule has 210 valence electrons. The highest BCUT2D eigenvalue weighted by atomic mass is 35.5. The van der Waals surface area contributed by atoms with Crippen molar-refractivity contribution in [1.29, 1.82) is 0 Å². The maximum Gasteiger partial charge on any atom is 0.416 e. The third-order valence-electron chi connectivity index (χ3n) is 8.02. The number of rotatable bonds is 7. The van der Waals surface area contributed by atoms with Crippen molar-refractivity contribution >= 4 is 23.6 Å². The fourth-order valence-electron chi connectivity index (χ4n) is 6.29. The van der Waals surface area contributed by atoms with E-state index in [2.05, 4.69) is 15.6 Å². The Hall–Kier alpha value is -3.66. The number of aliphatic carboxylic acids is 1. The number of fused-ring (bicyclic) bond motifs is 2. The molecule has 2 aromatic carbocycles. The first-order valence-corrected chi connectivity index (χ1v) is 13.2. The highest BCUT2D eigenvalue weighted by molar-refractivity contribution is 6.30. The average Bonchev–Trinajstić information content (AvgIpc) is 3.50. The predicted octanol–water partition coefficient (Wildman–Crippen LogP) is 6.18. The Kier molecular flexibility index (Phi) is 7.48. The Balaban J connectivity index is 1.62. The number of pyridine rings is 1. The Morgan fingerprint density at radius 1 is 1.00 bits per heavy atom. The number of hydrogen-bond donors (Lipinski definition) is 3. The van der Waals surface area contributed by atoms with Crippen molar-refractivity contribution in [3.8, 4) is 0 Å². The SMILES string of the molecule is O=C(N[C@H]1[C@@H]2CC[C@@H](C2)[C@H]1C(=O)O)N[C@@](Cc1ccccc1)(c1cc(F)cc(C(F)(F)F)c1)c1ccc(Cl)cn1.